The first-order valence-corrected chi connectivity index (χ1v) is 8.01. The molecule has 0 N–H and O–H groups in total. The van der Waals surface area contributed by atoms with Gasteiger partial charge in [0.15, 0.2) is 0 Å². The van der Waals surface area contributed by atoms with Gasteiger partial charge in [0.1, 0.15) is 0 Å². The average molecular weight is 276 g/mol. The number of fused-ring (bicyclic) bond motifs is 3. The minimum Gasteiger partial charge on any atom is -0.103 e. The van der Waals surface area contributed by atoms with E-state index in [0.29, 0.717) is 17.8 Å². The Morgan fingerprint density at radius 3 is 1.95 bits per heavy atom. The van der Waals surface area contributed by atoms with Crippen LogP contribution in [0.2, 0.25) is 0 Å². The third-order valence-electron chi connectivity index (χ3n) is 4.91. The van der Waals surface area contributed by atoms with E-state index in [9.17, 15) is 0 Å². The second kappa shape index (κ2) is 5.89. The number of benzene rings is 2. The van der Waals surface area contributed by atoms with Crippen molar-refractivity contribution in [1.29, 1.82) is 0 Å². The fraction of sp³-hybridized carbons (Fsp3) is 0.333. The standard InChI is InChI=1S/C21H24/c1-4-9-16(15(2)3)14-21-19-12-7-5-10-17(19)18-11-6-8-13-20(18)21/h4-8,10-13,15-16,21H,1,9,14H2,2-3H3/t16-/m0/s1. The van der Waals surface area contributed by atoms with Gasteiger partial charge in [0.05, 0.1) is 0 Å². The van der Waals surface area contributed by atoms with Crippen LogP contribution in [0.3, 0.4) is 0 Å². The number of hydrogen-bond acceptors (Lipinski definition) is 0. The Kier molecular flexibility index (Phi) is 3.96. The second-order valence-corrected chi connectivity index (χ2v) is 6.49. The van der Waals surface area contributed by atoms with Gasteiger partial charge in [-0.1, -0.05) is 68.5 Å². The van der Waals surface area contributed by atoms with Gasteiger partial charge in [-0.25, -0.2) is 0 Å². The summed E-state index contributed by atoms with van der Waals surface area (Å²) in [6.07, 6.45) is 4.41. The maximum absolute atomic E-state index is 3.95. The Hall–Kier alpha value is -1.82. The molecule has 21 heavy (non-hydrogen) atoms. The number of rotatable bonds is 5. The first-order chi connectivity index (χ1) is 10.2. The van der Waals surface area contributed by atoms with Crippen LogP contribution in [0.5, 0.6) is 0 Å². The predicted molar refractivity (Wildman–Crippen MR) is 91.5 cm³/mol. The maximum Gasteiger partial charge on any atom is 0.0104 e. The molecule has 0 amide bonds. The zero-order valence-corrected chi connectivity index (χ0v) is 13.0. The molecule has 0 heteroatoms. The van der Waals surface area contributed by atoms with E-state index in [1.807, 2.05) is 0 Å². The van der Waals surface area contributed by atoms with Gasteiger partial charge in [-0.05, 0) is 46.9 Å². The summed E-state index contributed by atoms with van der Waals surface area (Å²) in [6.45, 7) is 8.61. The van der Waals surface area contributed by atoms with Crippen molar-refractivity contribution in [2.75, 3.05) is 0 Å². The lowest BCUT2D eigenvalue weighted by Gasteiger charge is -2.24. The summed E-state index contributed by atoms with van der Waals surface area (Å²) in [7, 11) is 0. The van der Waals surface area contributed by atoms with Crippen LogP contribution in [-0.4, -0.2) is 0 Å². The Balaban J connectivity index is 2.00. The fourth-order valence-electron chi connectivity index (χ4n) is 3.67. The summed E-state index contributed by atoms with van der Waals surface area (Å²) in [6, 6.07) is 17.8. The third kappa shape index (κ3) is 2.55. The molecule has 0 unspecified atom stereocenters. The lowest BCUT2D eigenvalue weighted by molar-refractivity contribution is 0.350. The van der Waals surface area contributed by atoms with E-state index >= 15 is 0 Å². The van der Waals surface area contributed by atoms with E-state index in [-0.39, 0.29) is 0 Å². The van der Waals surface area contributed by atoms with Crippen LogP contribution in [0.4, 0.5) is 0 Å². The minimum absolute atomic E-state index is 0.546. The van der Waals surface area contributed by atoms with Crippen LogP contribution in [0, 0.1) is 11.8 Å². The predicted octanol–water partition coefficient (Wildman–Crippen LogP) is 6.04. The van der Waals surface area contributed by atoms with E-state index < -0.39 is 0 Å². The molecule has 0 nitrogen and oxygen atoms in total. The highest BCUT2D eigenvalue weighted by atomic mass is 14.3. The molecule has 0 aromatic heterocycles. The van der Waals surface area contributed by atoms with Crippen molar-refractivity contribution in [3.05, 3.63) is 72.3 Å². The Morgan fingerprint density at radius 2 is 1.48 bits per heavy atom. The molecule has 0 heterocycles. The molecule has 0 radical (unpaired) electrons. The molecule has 1 atom stereocenters. The van der Waals surface area contributed by atoms with Crippen LogP contribution in [0.25, 0.3) is 11.1 Å². The highest BCUT2D eigenvalue weighted by molar-refractivity contribution is 5.78. The van der Waals surface area contributed by atoms with Gasteiger partial charge in [0, 0.05) is 5.92 Å². The van der Waals surface area contributed by atoms with E-state index in [4.69, 9.17) is 0 Å². The summed E-state index contributed by atoms with van der Waals surface area (Å²) in [5, 5.41) is 0. The van der Waals surface area contributed by atoms with E-state index in [2.05, 4.69) is 75.0 Å². The Bertz CT molecular complexity index is 590. The number of allylic oxidation sites excluding steroid dienone is 1. The van der Waals surface area contributed by atoms with Crippen molar-refractivity contribution in [1.82, 2.24) is 0 Å². The van der Waals surface area contributed by atoms with Gasteiger partial charge in [0.25, 0.3) is 0 Å². The van der Waals surface area contributed by atoms with Crippen LogP contribution < -0.4 is 0 Å². The van der Waals surface area contributed by atoms with Crippen LogP contribution in [-0.2, 0) is 0 Å². The fourth-order valence-corrected chi connectivity index (χ4v) is 3.67. The molecular formula is C21H24. The van der Waals surface area contributed by atoms with E-state index in [1.165, 1.54) is 28.7 Å². The molecule has 1 aliphatic rings. The summed E-state index contributed by atoms with van der Waals surface area (Å²) in [4.78, 5) is 0. The highest BCUT2D eigenvalue weighted by Gasteiger charge is 2.30. The molecule has 0 saturated heterocycles. The quantitative estimate of drug-likeness (QED) is 0.584. The van der Waals surface area contributed by atoms with E-state index in [1.54, 1.807) is 0 Å². The topological polar surface area (TPSA) is 0 Å². The zero-order valence-electron chi connectivity index (χ0n) is 13.0. The third-order valence-corrected chi connectivity index (χ3v) is 4.91. The molecule has 0 bridgehead atoms. The molecule has 0 spiro atoms. The van der Waals surface area contributed by atoms with Crippen molar-refractivity contribution in [2.45, 2.75) is 32.6 Å². The molecule has 0 saturated carbocycles. The summed E-state index contributed by atoms with van der Waals surface area (Å²) in [5.41, 5.74) is 5.88. The summed E-state index contributed by atoms with van der Waals surface area (Å²) >= 11 is 0. The molecule has 3 rings (SSSR count). The Morgan fingerprint density at radius 1 is 0.952 bits per heavy atom. The minimum atomic E-state index is 0.546. The maximum atomic E-state index is 3.95. The monoisotopic (exact) mass is 276 g/mol. The SMILES string of the molecule is C=CC[C@@H](CC1c2ccccc2-c2ccccc21)C(C)C. The van der Waals surface area contributed by atoms with Gasteiger partial charge < -0.3 is 0 Å². The molecule has 2 aromatic rings. The van der Waals surface area contributed by atoms with Crippen molar-refractivity contribution < 1.29 is 0 Å². The van der Waals surface area contributed by atoms with Crippen molar-refractivity contribution >= 4 is 0 Å². The van der Waals surface area contributed by atoms with Crippen LogP contribution in [0.1, 0.15) is 43.7 Å². The van der Waals surface area contributed by atoms with E-state index in [0.717, 1.165) is 6.42 Å². The van der Waals surface area contributed by atoms with Crippen LogP contribution in [0.15, 0.2) is 61.2 Å². The Labute approximate surface area is 128 Å². The lowest BCUT2D eigenvalue weighted by atomic mass is 9.80. The molecule has 2 aromatic carbocycles. The normalized spacial score (nSPS) is 14.8. The summed E-state index contributed by atoms with van der Waals surface area (Å²) < 4.78 is 0. The highest BCUT2D eigenvalue weighted by Crippen LogP contribution is 2.48. The van der Waals surface area contributed by atoms with Gasteiger partial charge in [-0.15, -0.1) is 6.58 Å². The van der Waals surface area contributed by atoms with Gasteiger partial charge in [-0.3, -0.25) is 0 Å². The van der Waals surface area contributed by atoms with Gasteiger partial charge in [-0.2, -0.15) is 0 Å². The molecule has 0 fully saturated rings. The largest absolute Gasteiger partial charge is 0.103 e. The molecular weight excluding hydrogens is 252 g/mol. The van der Waals surface area contributed by atoms with Crippen LogP contribution >= 0.6 is 0 Å². The van der Waals surface area contributed by atoms with Crippen molar-refractivity contribution in [3.63, 3.8) is 0 Å². The first kappa shape index (κ1) is 14.1. The molecule has 108 valence electrons. The summed E-state index contributed by atoms with van der Waals surface area (Å²) in [5.74, 6) is 1.94. The van der Waals surface area contributed by atoms with Crippen molar-refractivity contribution in [2.24, 2.45) is 11.8 Å². The van der Waals surface area contributed by atoms with Crippen molar-refractivity contribution in [3.8, 4) is 11.1 Å². The lowest BCUT2D eigenvalue weighted by Crippen LogP contribution is -2.12. The smallest absolute Gasteiger partial charge is 0.0104 e. The second-order valence-electron chi connectivity index (χ2n) is 6.49. The molecule has 0 aliphatic heterocycles. The average Bonchev–Trinajstić information content (AvgIpc) is 2.81. The molecule has 1 aliphatic carbocycles. The zero-order chi connectivity index (χ0) is 14.8. The first-order valence-electron chi connectivity index (χ1n) is 8.01. The van der Waals surface area contributed by atoms with Gasteiger partial charge >= 0.3 is 0 Å². The van der Waals surface area contributed by atoms with Gasteiger partial charge in [0.2, 0.25) is 0 Å². The number of hydrogen-bond donors (Lipinski definition) is 0.